The molecule has 15 heterocycles. The van der Waals surface area contributed by atoms with Crippen LogP contribution in [0.2, 0.25) is 0 Å². The third kappa shape index (κ3) is 9.56. The molecule has 18 rings (SSSR count). The quantitative estimate of drug-likeness (QED) is 0.146. The molecule has 0 bridgehead atoms. The Balaban J connectivity index is 0.000000111. The van der Waals surface area contributed by atoms with Crippen molar-refractivity contribution < 1.29 is 13.3 Å². The number of pyridine rings is 5. The van der Waals surface area contributed by atoms with Gasteiger partial charge in [-0.05, 0) is 178 Å². The van der Waals surface area contributed by atoms with E-state index in [9.17, 15) is 0 Å². The molecule has 19 nitrogen and oxygen atoms in total. The average Bonchev–Trinajstić information content (AvgIpc) is 1.85. The zero-order valence-electron chi connectivity index (χ0n) is 53.1. The van der Waals surface area contributed by atoms with E-state index in [2.05, 4.69) is 233 Å². The summed E-state index contributed by atoms with van der Waals surface area (Å²) >= 11 is 0. The molecule has 0 amide bonds. The molecular weight excluding hydrogens is 1160 g/mol. The molecule has 456 valence electrons. The first-order valence-corrected chi connectivity index (χ1v) is 31.4. The van der Waals surface area contributed by atoms with E-state index in [1.54, 1.807) is 12.4 Å². The van der Waals surface area contributed by atoms with Gasteiger partial charge in [-0.1, -0.05) is 54.6 Å². The minimum absolute atomic E-state index is 0.0131. The second-order valence-corrected chi connectivity index (χ2v) is 24.3. The Kier molecular flexibility index (Phi) is 13.8. The molecule has 3 atom stereocenters. The second-order valence-electron chi connectivity index (χ2n) is 24.3. The van der Waals surface area contributed by atoms with E-state index in [0.717, 1.165) is 117 Å². The Hall–Kier alpha value is -11.3. The molecule has 0 saturated carbocycles. The van der Waals surface area contributed by atoms with Gasteiger partial charge in [0, 0.05) is 109 Å². The van der Waals surface area contributed by atoms with Crippen molar-refractivity contribution in [1.29, 1.82) is 0 Å². The third-order valence-corrected chi connectivity index (χ3v) is 18.4. The zero-order chi connectivity index (χ0) is 63.3. The van der Waals surface area contributed by atoms with Gasteiger partial charge >= 0.3 is 20.9 Å². The van der Waals surface area contributed by atoms with Crippen LogP contribution in [0.15, 0.2) is 190 Å². The van der Waals surface area contributed by atoms with Gasteiger partial charge in [0.1, 0.15) is 22.1 Å². The second kappa shape index (κ2) is 22.6. The number of aryl methyl sites for hydroxylation is 3. The Morgan fingerprint density at radius 2 is 0.699 bits per heavy atom. The number of benzene rings is 3. The topological polar surface area (TPSA) is 159 Å². The van der Waals surface area contributed by atoms with E-state index in [4.69, 9.17) is 28.2 Å². The number of anilines is 9. The van der Waals surface area contributed by atoms with Crippen LogP contribution in [0.5, 0.6) is 0 Å². The molecule has 0 N–H and O–H groups in total. The summed E-state index contributed by atoms with van der Waals surface area (Å²) in [6.07, 6.45) is 13.8. The first-order valence-electron chi connectivity index (χ1n) is 31.4. The predicted octanol–water partition coefficient (Wildman–Crippen LogP) is 8.48. The van der Waals surface area contributed by atoms with Gasteiger partial charge < -0.3 is 56.8 Å². The Morgan fingerprint density at radius 3 is 1.16 bits per heavy atom. The summed E-state index contributed by atoms with van der Waals surface area (Å²) in [4.78, 5) is 53.1. The number of hydrogen-bond acceptors (Lipinski definition) is 19. The number of hydrogen-bond donors (Lipinski definition) is 0. The summed E-state index contributed by atoms with van der Waals surface area (Å²) in [6.45, 7) is 12.4. The van der Waals surface area contributed by atoms with Crippen molar-refractivity contribution >= 4 is 142 Å². The predicted molar refractivity (Wildman–Crippen MR) is 373 cm³/mol. The fraction of sp³-hybridized carbons (Fsp3) is 0.169. The van der Waals surface area contributed by atoms with Crippen molar-refractivity contribution in [3.8, 4) is 0 Å². The van der Waals surface area contributed by atoms with Gasteiger partial charge in [0.15, 0.2) is 17.5 Å². The van der Waals surface area contributed by atoms with E-state index < -0.39 is 0 Å². The van der Waals surface area contributed by atoms with Crippen molar-refractivity contribution in [2.75, 3.05) is 50.3 Å². The Labute approximate surface area is 538 Å². The van der Waals surface area contributed by atoms with Crippen LogP contribution in [-0.4, -0.2) is 110 Å². The normalized spacial score (nSPS) is 17.5. The number of aromatic nitrogens is 7. The average molecular weight is 1220 g/mol. The maximum absolute atomic E-state index is 6.16. The van der Waals surface area contributed by atoms with E-state index >= 15 is 0 Å². The molecule has 0 spiro atoms. The van der Waals surface area contributed by atoms with E-state index in [1.807, 2.05) is 93.8 Å². The Morgan fingerprint density at radius 1 is 0.344 bits per heavy atom. The summed E-state index contributed by atoms with van der Waals surface area (Å²) in [5, 5.41) is 6.34. The van der Waals surface area contributed by atoms with Crippen molar-refractivity contribution in [2.24, 2.45) is 0 Å². The minimum Gasteiger partial charge on any atom is -0.439 e. The number of rotatable bonds is 6. The summed E-state index contributed by atoms with van der Waals surface area (Å²) in [7, 11) is 6.29. The molecule has 0 fully saturated rings. The number of para-hydroxylation sites is 3. The van der Waals surface area contributed by atoms with Gasteiger partial charge in [-0.25, -0.2) is 34.9 Å². The molecular formula is C71H65B3N16O3. The van der Waals surface area contributed by atoms with Gasteiger partial charge in [-0.3, -0.25) is 0 Å². The van der Waals surface area contributed by atoms with Crippen LogP contribution in [-0.2, 0) is 0 Å². The van der Waals surface area contributed by atoms with Crippen molar-refractivity contribution in [3.63, 3.8) is 0 Å². The molecule has 6 aliphatic rings. The molecule has 0 unspecified atom stereocenters. The molecule has 9 aromatic heterocycles. The molecule has 0 saturated heterocycles. The lowest BCUT2D eigenvalue weighted by Gasteiger charge is -2.36. The van der Waals surface area contributed by atoms with Crippen LogP contribution in [0.4, 0.5) is 51.7 Å². The number of furan rings is 3. The highest BCUT2D eigenvalue weighted by atomic mass is 16.3. The van der Waals surface area contributed by atoms with Crippen molar-refractivity contribution in [2.45, 2.75) is 60.0 Å². The highest BCUT2D eigenvalue weighted by molar-refractivity contribution is 6.76. The lowest BCUT2D eigenvalue weighted by molar-refractivity contribution is 0.560. The minimum atomic E-state index is -0.0756. The van der Waals surface area contributed by atoms with Crippen LogP contribution in [0, 0.1) is 20.8 Å². The SMILES string of the molecule is Cc1ccc2c3c(oc2n1)=CB(N1c2cccnc2N(c2ccccc2)[C@@H]1C)N(C)C=3.Cc1ccc2c3c(oc2n1)=CB(N1c2ncccc2N(c2ccccc2)[C@@H]1C)N(C)C=3.Cc1ccc2c3c(oc2n1)=CB(N1c2nccnc2N(c2ccccc2)[C@@H]1C)N(C)C=3. The summed E-state index contributed by atoms with van der Waals surface area (Å²) in [5.41, 5.74) is 13.0. The number of nitrogens with zero attached hydrogens (tertiary/aromatic N) is 16. The number of fused-ring (bicyclic) bond motifs is 12. The lowest BCUT2D eigenvalue weighted by Crippen LogP contribution is -2.56. The molecule has 0 aliphatic carbocycles. The molecule has 6 aliphatic heterocycles. The molecule has 3 aromatic carbocycles. The fourth-order valence-corrected chi connectivity index (χ4v) is 14.1. The van der Waals surface area contributed by atoms with Crippen LogP contribution in [0.25, 0.3) is 69.8 Å². The monoisotopic (exact) mass is 1220 g/mol. The first-order chi connectivity index (χ1) is 45.3. The van der Waals surface area contributed by atoms with E-state index in [-0.39, 0.29) is 39.4 Å². The summed E-state index contributed by atoms with van der Waals surface area (Å²) < 4.78 is 18.5. The first kappa shape index (κ1) is 56.9. The van der Waals surface area contributed by atoms with E-state index in [1.165, 1.54) is 0 Å². The molecule has 93 heavy (non-hydrogen) atoms. The molecule has 12 aromatic rings. The summed E-state index contributed by atoms with van der Waals surface area (Å²) in [5.74, 6) is 10.2. The lowest BCUT2D eigenvalue weighted by atomic mass is 9.69. The third-order valence-electron chi connectivity index (χ3n) is 18.4. The van der Waals surface area contributed by atoms with E-state index in [0.29, 0.717) is 17.1 Å². The van der Waals surface area contributed by atoms with Crippen molar-refractivity contribution in [1.82, 2.24) is 49.3 Å². The maximum atomic E-state index is 6.16. The largest absolute Gasteiger partial charge is 0.439 e. The maximum Gasteiger partial charge on any atom is 0.409 e. The smallest absolute Gasteiger partial charge is 0.409 e. The highest BCUT2D eigenvalue weighted by Gasteiger charge is 2.46. The van der Waals surface area contributed by atoms with Crippen molar-refractivity contribution in [3.05, 3.63) is 225 Å². The van der Waals surface area contributed by atoms with Gasteiger partial charge in [0.25, 0.3) is 0 Å². The Bertz CT molecular complexity index is 4770. The van der Waals surface area contributed by atoms with Gasteiger partial charge in [0.05, 0.1) is 29.9 Å². The zero-order valence-corrected chi connectivity index (χ0v) is 53.1. The standard InChI is InChI=1S/2C24H22BN5O.C23H21BN6O/c1-16-11-12-19-20-15-28(3)25(14-22(20)31-24(19)27-16)30-17(2)29(18-8-5-4-6-9-18)23-21(30)10-7-13-26-23;1-16-11-12-19-20-15-28(3)25(14-22(20)31-24(19)27-16)30-17(2)29(18-8-5-4-6-9-18)21-10-7-13-26-23(21)30;1-15-9-10-18-19-14-28(3)24(13-20(19)31-23(18)27-15)30-16(2)29(17-7-5-4-6-8-17)21-22(30)26-12-11-25-21/h2*4-15,17H,1-3H3;4-14,16H,1-3H3/t2*17-;16-/m000/s1. The van der Waals surface area contributed by atoms with Crippen LogP contribution >= 0.6 is 0 Å². The fourth-order valence-electron chi connectivity index (χ4n) is 14.1. The summed E-state index contributed by atoms with van der Waals surface area (Å²) in [6, 6.07) is 51.8. The van der Waals surface area contributed by atoms with Gasteiger partial charge in [0.2, 0.25) is 17.1 Å². The van der Waals surface area contributed by atoms with Gasteiger partial charge in [-0.2, -0.15) is 0 Å². The van der Waals surface area contributed by atoms with Crippen LogP contribution < -0.4 is 61.0 Å². The highest BCUT2D eigenvalue weighted by Crippen LogP contribution is 2.46. The molecule has 22 heteroatoms. The van der Waals surface area contributed by atoms with Crippen LogP contribution in [0.3, 0.4) is 0 Å². The van der Waals surface area contributed by atoms with Crippen LogP contribution in [0.1, 0.15) is 37.9 Å². The van der Waals surface area contributed by atoms with Gasteiger partial charge in [-0.15, -0.1) is 0 Å². The molecule has 0 radical (unpaired) electrons.